The zero-order valence-corrected chi connectivity index (χ0v) is 9.23. The van der Waals surface area contributed by atoms with Crippen molar-refractivity contribution in [1.82, 2.24) is 9.97 Å². The van der Waals surface area contributed by atoms with Crippen LogP contribution in [0.4, 0.5) is 10.2 Å². The van der Waals surface area contributed by atoms with Crippen LogP contribution in [0.15, 0.2) is 36.5 Å². The lowest BCUT2D eigenvalue weighted by Gasteiger charge is -2.05. The first-order valence-electron chi connectivity index (χ1n) is 5.32. The Hall–Kier alpha value is -2.01. The molecule has 88 valence electrons. The second kappa shape index (κ2) is 5.36. The zero-order valence-electron chi connectivity index (χ0n) is 9.23. The summed E-state index contributed by atoms with van der Waals surface area (Å²) >= 11 is 0. The van der Waals surface area contributed by atoms with Crippen LogP contribution in [0.1, 0.15) is 0 Å². The fourth-order valence-electron chi connectivity index (χ4n) is 1.42. The molecule has 5 heteroatoms. The van der Waals surface area contributed by atoms with Crippen molar-refractivity contribution in [2.45, 2.75) is 0 Å². The van der Waals surface area contributed by atoms with E-state index >= 15 is 0 Å². The minimum Gasteiger partial charge on any atom is -0.369 e. The van der Waals surface area contributed by atoms with Crippen molar-refractivity contribution >= 4 is 5.82 Å². The number of nitrogens with two attached hydrogens (primary N) is 1. The van der Waals surface area contributed by atoms with E-state index in [9.17, 15) is 4.39 Å². The Morgan fingerprint density at radius 3 is 2.94 bits per heavy atom. The number of hydrogen-bond acceptors (Lipinski definition) is 4. The van der Waals surface area contributed by atoms with Gasteiger partial charge in [-0.2, -0.15) is 0 Å². The van der Waals surface area contributed by atoms with Crippen molar-refractivity contribution in [2.75, 3.05) is 18.4 Å². The molecule has 1 heterocycles. The molecule has 0 spiro atoms. The second-order valence-corrected chi connectivity index (χ2v) is 3.49. The third-order valence-electron chi connectivity index (χ3n) is 2.19. The number of nitrogens with one attached hydrogen (secondary N) is 1. The maximum atomic E-state index is 13.1. The predicted octanol–water partition coefficient (Wildman–Crippen LogP) is 1.65. The summed E-state index contributed by atoms with van der Waals surface area (Å²) < 4.78 is 13.1. The number of halogens is 1. The summed E-state index contributed by atoms with van der Waals surface area (Å²) in [6.07, 6.45) is 1.63. The summed E-state index contributed by atoms with van der Waals surface area (Å²) in [7, 11) is 0. The van der Waals surface area contributed by atoms with Crippen LogP contribution in [0.5, 0.6) is 0 Å². The molecule has 2 rings (SSSR count). The van der Waals surface area contributed by atoms with E-state index < -0.39 is 0 Å². The van der Waals surface area contributed by atoms with Crippen LogP contribution in [0.25, 0.3) is 11.4 Å². The maximum absolute atomic E-state index is 13.1. The van der Waals surface area contributed by atoms with Crippen LogP contribution in [0.2, 0.25) is 0 Å². The van der Waals surface area contributed by atoms with Gasteiger partial charge in [-0.05, 0) is 18.2 Å². The molecule has 0 radical (unpaired) electrons. The molecule has 1 aromatic heterocycles. The average molecular weight is 232 g/mol. The Kier molecular flexibility index (Phi) is 3.62. The predicted molar refractivity (Wildman–Crippen MR) is 65.0 cm³/mol. The summed E-state index contributed by atoms with van der Waals surface area (Å²) in [6.45, 7) is 1.17. The highest BCUT2D eigenvalue weighted by Crippen LogP contribution is 2.16. The minimum atomic E-state index is -0.300. The number of hydrogen-bond donors (Lipinski definition) is 2. The Morgan fingerprint density at radius 1 is 1.29 bits per heavy atom. The molecule has 0 unspecified atom stereocenters. The lowest BCUT2D eigenvalue weighted by atomic mass is 10.2. The van der Waals surface area contributed by atoms with Crippen molar-refractivity contribution in [1.29, 1.82) is 0 Å². The van der Waals surface area contributed by atoms with Gasteiger partial charge in [0.15, 0.2) is 5.82 Å². The molecule has 0 saturated carbocycles. The molecule has 0 bridgehead atoms. The van der Waals surface area contributed by atoms with Crippen molar-refractivity contribution in [3.05, 3.63) is 42.3 Å². The Morgan fingerprint density at radius 2 is 2.18 bits per heavy atom. The number of nitrogens with zero attached hydrogens (tertiary/aromatic N) is 2. The largest absolute Gasteiger partial charge is 0.369 e. The lowest BCUT2D eigenvalue weighted by Crippen LogP contribution is -2.14. The van der Waals surface area contributed by atoms with Crippen LogP contribution in [-0.4, -0.2) is 23.1 Å². The van der Waals surface area contributed by atoms with Crippen molar-refractivity contribution in [3.8, 4) is 11.4 Å². The molecule has 3 N–H and O–H groups in total. The van der Waals surface area contributed by atoms with Gasteiger partial charge in [0.2, 0.25) is 0 Å². The molecular formula is C12H13FN4. The van der Waals surface area contributed by atoms with E-state index in [0.717, 1.165) is 0 Å². The molecule has 0 saturated heterocycles. The summed E-state index contributed by atoms with van der Waals surface area (Å²) in [5.41, 5.74) is 6.04. The van der Waals surface area contributed by atoms with Gasteiger partial charge in [-0.3, -0.25) is 0 Å². The molecule has 0 aliphatic rings. The number of benzene rings is 1. The van der Waals surface area contributed by atoms with E-state index in [2.05, 4.69) is 15.3 Å². The van der Waals surface area contributed by atoms with E-state index in [0.29, 0.717) is 30.3 Å². The highest BCUT2D eigenvalue weighted by atomic mass is 19.1. The van der Waals surface area contributed by atoms with Gasteiger partial charge in [-0.15, -0.1) is 0 Å². The number of aromatic nitrogens is 2. The standard InChI is InChI=1S/C12H13FN4/c13-10-3-1-2-9(8-10)12-16-6-4-11(17-12)15-7-5-14/h1-4,6,8H,5,7,14H2,(H,15,16,17). The van der Waals surface area contributed by atoms with Gasteiger partial charge < -0.3 is 11.1 Å². The van der Waals surface area contributed by atoms with Gasteiger partial charge in [-0.1, -0.05) is 12.1 Å². The molecule has 0 fully saturated rings. The Bertz CT molecular complexity index is 501. The van der Waals surface area contributed by atoms with E-state index in [1.54, 1.807) is 24.4 Å². The minimum absolute atomic E-state index is 0.300. The first kappa shape index (κ1) is 11.5. The van der Waals surface area contributed by atoms with Gasteiger partial charge >= 0.3 is 0 Å². The zero-order chi connectivity index (χ0) is 12.1. The third kappa shape index (κ3) is 2.98. The smallest absolute Gasteiger partial charge is 0.161 e. The lowest BCUT2D eigenvalue weighted by molar-refractivity contribution is 0.628. The Labute approximate surface area is 98.7 Å². The molecule has 0 atom stereocenters. The molecule has 17 heavy (non-hydrogen) atoms. The van der Waals surface area contributed by atoms with E-state index in [1.807, 2.05) is 0 Å². The Balaban J connectivity index is 2.26. The summed E-state index contributed by atoms with van der Waals surface area (Å²) in [5.74, 6) is 0.877. The first-order valence-corrected chi connectivity index (χ1v) is 5.32. The molecule has 2 aromatic rings. The summed E-state index contributed by atoms with van der Waals surface area (Å²) in [5, 5.41) is 3.05. The molecule has 1 aromatic carbocycles. The van der Waals surface area contributed by atoms with E-state index in [1.165, 1.54) is 12.1 Å². The van der Waals surface area contributed by atoms with Crippen molar-refractivity contribution in [3.63, 3.8) is 0 Å². The fourth-order valence-corrected chi connectivity index (χ4v) is 1.42. The third-order valence-corrected chi connectivity index (χ3v) is 2.19. The SMILES string of the molecule is NCCNc1ccnc(-c2cccc(F)c2)n1. The number of rotatable bonds is 4. The van der Waals surface area contributed by atoms with E-state index in [-0.39, 0.29) is 5.82 Å². The normalized spacial score (nSPS) is 10.2. The molecule has 0 aliphatic carbocycles. The van der Waals surface area contributed by atoms with Gasteiger partial charge in [0, 0.05) is 24.8 Å². The highest BCUT2D eigenvalue weighted by molar-refractivity contribution is 5.56. The highest BCUT2D eigenvalue weighted by Gasteiger charge is 2.03. The van der Waals surface area contributed by atoms with Crippen LogP contribution in [-0.2, 0) is 0 Å². The maximum Gasteiger partial charge on any atom is 0.161 e. The topological polar surface area (TPSA) is 63.8 Å². The second-order valence-electron chi connectivity index (χ2n) is 3.49. The van der Waals surface area contributed by atoms with E-state index in [4.69, 9.17) is 5.73 Å². The van der Waals surface area contributed by atoms with Gasteiger partial charge in [0.25, 0.3) is 0 Å². The first-order chi connectivity index (χ1) is 8.29. The average Bonchev–Trinajstić information content (AvgIpc) is 2.37. The molecular weight excluding hydrogens is 219 g/mol. The monoisotopic (exact) mass is 232 g/mol. The van der Waals surface area contributed by atoms with Gasteiger partial charge in [0.1, 0.15) is 11.6 Å². The van der Waals surface area contributed by atoms with Crippen LogP contribution in [0, 0.1) is 5.82 Å². The fraction of sp³-hybridized carbons (Fsp3) is 0.167. The summed E-state index contributed by atoms with van der Waals surface area (Å²) in [4.78, 5) is 8.39. The van der Waals surface area contributed by atoms with Gasteiger partial charge in [-0.25, -0.2) is 14.4 Å². The van der Waals surface area contributed by atoms with Gasteiger partial charge in [0.05, 0.1) is 0 Å². The van der Waals surface area contributed by atoms with Crippen LogP contribution in [0.3, 0.4) is 0 Å². The number of anilines is 1. The summed E-state index contributed by atoms with van der Waals surface area (Å²) in [6, 6.07) is 7.94. The molecule has 0 amide bonds. The van der Waals surface area contributed by atoms with Crippen molar-refractivity contribution in [2.24, 2.45) is 5.73 Å². The molecule has 0 aliphatic heterocycles. The van der Waals surface area contributed by atoms with Crippen LogP contribution < -0.4 is 11.1 Å². The quantitative estimate of drug-likeness (QED) is 0.841. The molecule has 4 nitrogen and oxygen atoms in total. The van der Waals surface area contributed by atoms with Crippen LogP contribution >= 0.6 is 0 Å². The van der Waals surface area contributed by atoms with Crippen molar-refractivity contribution < 1.29 is 4.39 Å².